The number of hydrogen-bond acceptors (Lipinski definition) is 4. The molecule has 1 aliphatic rings. The van der Waals surface area contributed by atoms with Crippen LogP contribution in [0.1, 0.15) is 19.8 Å². The quantitative estimate of drug-likeness (QED) is 0.871. The number of piperidine rings is 1. The first-order valence-electron chi connectivity index (χ1n) is 8.37. The number of methoxy groups -OCH3 is 1. The molecule has 3 rings (SSSR count). The van der Waals surface area contributed by atoms with Crippen molar-refractivity contribution in [2.45, 2.75) is 19.8 Å². The summed E-state index contributed by atoms with van der Waals surface area (Å²) in [7, 11) is 1.65. The largest absolute Gasteiger partial charge is 0.497 e. The zero-order valence-corrected chi connectivity index (χ0v) is 15.0. The number of likely N-dealkylation sites (tertiary alicyclic amines) is 1. The molecule has 0 spiro atoms. The van der Waals surface area contributed by atoms with Crippen molar-refractivity contribution in [2.24, 2.45) is 5.92 Å². The number of anilines is 1. The molecule has 6 heteroatoms. The fourth-order valence-electron chi connectivity index (χ4n) is 3.17. The van der Waals surface area contributed by atoms with Gasteiger partial charge in [-0.05, 0) is 37.1 Å². The highest BCUT2D eigenvalue weighted by molar-refractivity contribution is 7.14. The van der Waals surface area contributed by atoms with E-state index >= 15 is 0 Å². The second-order valence-corrected chi connectivity index (χ2v) is 7.30. The Morgan fingerprint density at radius 1 is 1.42 bits per heavy atom. The second-order valence-electron chi connectivity index (χ2n) is 6.44. The van der Waals surface area contributed by atoms with E-state index in [0.29, 0.717) is 17.6 Å². The molecule has 1 saturated heterocycles. The molecule has 5 nitrogen and oxygen atoms in total. The second kappa shape index (κ2) is 7.77. The van der Waals surface area contributed by atoms with Crippen molar-refractivity contribution >= 4 is 22.4 Å². The summed E-state index contributed by atoms with van der Waals surface area (Å²) in [6, 6.07) is 7.76. The molecule has 0 saturated carbocycles. The normalized spacial score (nSPS) is 20.6. The number of carbonyl (C=O) groups excluding carboxylic acids is 1. The van der Waals surface area contributed by atoms with Gasteiger partial charge >= 0.3 is 0 Å². The van der Waals surface area contributed by atoms with Gasteiger partial charge in [0.25, 0.3) is 5.91 Å². The molecular weight excluding hydrogens is 322 g/mol. The van der Waals surface area contributed by atoms with E-state index in [2.05, 4.69) is 17.2 Å². The van der Waals surface area contributed by atoms with Crippen molar-refractivity contribution in [3.8, 4) is 17.0 Å². The number of hydrogen-bond donors (Lipinski definition) is 2. The van der Waals surface area contributed by atoms with E-state index in [4.69, 9.17) is 4.74 Å². The van der Waals surface area contributed by atoms with Crippen molar-refractivity contribution in [1.82, 2.24) is 4.98 Å². The number of benzene rings is 1. The van der Waals surface area contributed by atoms with Crippen LogP contribution in [-0.4, -0.2) is 37.6 Å². The van der Waals surface area contributed by atoms with Crippen molar-refractivity contribution in [1.29, 1.82) is 0 Å². The van der Waals surface area contributed by atoms with Gasteiger partial charge < -0.3 is 9.64 Å². The maximum absolute atomic E-state index is 12.2. The lowest BCUT2D eigenvalue weighted by Gasteiger charge is -2.27. The van der Waals surface area contributed by atoms with Crippen LogP contribution < -0.4 is 15.0 Å². The first kappa shape index (κ1) is 16.9. The molecule has 2 atom stereocenters. The van der Waals surface area contributed by atoms with Gasteiger partial charge in [0.1, 0.15) is 5.75 Å². The van der Waals surface area contributed by atoms with Gasteiger partial charge in [-0.1, -0.05) is 6.92 Å². The van der Waals surface area contributed by atoms with Gasteiger partial charge in [-0.3, -0.25) is 10.1 Å². The minimum Gasteiger partial charge on any atom is -0.497 e. The van der Waals surface area contributed by atoms with Gasteiger partial charge in [0.2, 0.25) is 0 Å². The van der Waals surface area contributed by atoms with E-state index in [-0.39, 0.29) is 5.91 Å². The summed E-state index contributed by atoms with van der Waals surface area (Å²) in [5.74, 6) is 1.58. The van der Waals surface area contributed by atoms with Crippen LogP contribution in [0.15, 0.2) is 29.6 Å². The number of thiazole rings is 1. The molecule has 0 bridgehead atoms. The van der Waals surface area contributed by atoms with Crippen LogP contribution in [0.4, 0.5) is 5.13 Å². The minimum absolute atomic E-state index is 0.0507. The maximum Gasteiger partial charge on any atom is 0.281 e. The van der Waals surface area contributed by atoms with E-state index in [1.165, 1.54) is 29.1 Å². The van der Waals surface area contributed by atoms with Crippen LogP contribution in [0.5, 0.6) is 5.75 Å². The van der Waals surface area contributed by atoms with Crippen LogP contribution in [-0.2, 0) is 4.79 Å². The average molecular weight is 346 g/mol. The van der Waals surface area contributed by atoms with Crippen molar-refractivity contribution in [2.75, 3.05) is 32.1 Å². The molecule has 0 radical (unpaired) electrons. The fraction of sp³-hybridized carbons (Fsp3) is 0.444. The summed E-state index contributed by atoms with van der Waals surface area (Å²) in [4.78, 5) is 18.1. The van der Waals surface area contributed by atoms with Gasteiger partial charge in [0, 0.05) is 16.9 Å². The molecule has 1 aromatic heterocycles. The number of amides is 1. The van der Waals surface area contributed by atoms with E-state index in [1.807, 2.05) is 29.6 Å². The predicted octanol–water partition coefficient (Wildman–Crippen LogP) is 2.07. The maximum atomic E-state index is 12.2. The van der Waals surface area contributed by atoms with E-state index in [9.17, 15) is 4.79 Å². The monoisotopic (exact) mass is 346 g/mol. The highest BCUT2D eigenvalue weighted by atomic mass is 32.1. The van der Waals surface area contributed by atoms with Crippen molar-refractivity contribution in [3.05, 3.63) is 29.6 Å². The van der Waals surface area contributed by atoms with Gasteiger partial charge in [-0.15, -0.1) is 11.3 Å². The van der Waals surface area contributed by atoms with Gasteiger partial charge in [0.15, 0.2) is 11.7 Å². The summed E-state index contributed by atoms with van der Waals surface area (Å²) in [5.41, 5.74) is 1.89. The third-order valence-electron chi connectivity index (χ3n) is 4.41. The number of rotatable bonds is 5. The molecule has 24 heavy (non-hydrogen) atoms. The first-order chi connectivity index (χ1) is 11.6. The molecule has 2 aromatic rings. The Kier molecular flexibility index (Phi) is 5.48. The number of quaternary nitrogens is 1. The van der Waals surface area contributed by atoms with Crippen LogP contribution in [0, 0.1) is 5.92 Å². The van der Waals surface area contributed by atoms with Crippen LogP contribution in [0.25, 0.3) is 11.3 Å². The smallest absolute Gasteiger partial charge is 0.281 e. The number of carbonyl (C=O) groups is 1. The summed E-state index contributed by atoms with van der Waals surface area (Å²) in [5, 5.41) is 5.57. The SMILES string of the molecule is COc1ccc(-c2csc(NC(=O)C[NH+]3CCC[C@H](C)C3)n2)cc1. The van der Waals surface area contributed by atoms with Crippen molar-refractivity contribution < 1.29 is 14.4 Å². The molecule has 2 heterocycles. The van der Waals surface area contributed by atoms with Crippen molar-refractivity contribution in [3.63, 3.8) is 0 Å². The zero-order valence-electron chi connectivity index (χ0n) is 14.2. The Balaban J connectivity index is 1.57. The highest BCUT2D eigenvalue weighted by Gasteiger charge is 2.22. The Morgan fingerprint density at radius 3 is 2.92 bits per heavy atom. The lowest BCUT2D eigenvalue weighted by atomic mass is 10.0. The topological polar surface area (TPSA) is 55.7 Å². The van der Waals surface area contributed by atoms with Gasteiger partial charge in [-0.25, -0.2) is 4.98 Å². The summed E-state index contributed by atoms with van der Waals surface area (Å²) < 4.78 is 5.17. The third-order valence-corrected chi connectivity index (χ3v) is 5.17. The van der Waals surface area contributed by atoms with Gasteiger partial charge in [-0.2, -0.15) is 0 Å². The summed E-state index contributed by atoms with van der Waals surface area (Å²) >= 11 is 1.46. The zero-order chi connectivity index (χ0) is 16.9. The lowest BCUT2D eigenvalue weighted by molar-refractivity contribution is -0.900. The van der Waals surface area contributed by atoms with Crippen LogP contribution >= 0.6 is 11.3 Å². The first-order valence-corrected chi connectivity index (χ1v) is 9.25. The number of aromatic nitrogens is 1. The molecule has 1 aliphatic heterocycles. The Labute approximate surface area is 146 Å². The summed E-state index contributed by atoms with van der Waals surface area (Å²) in [6.45, 7) is 4.97. The molecule has 1 fully saturated rings. The minimum atomic E-state index is 0.0507. The average Bonchev–Trinajstić information content (AvgIpc) is 3.03. The van der Waals surface area contributed by atoms with Crippen LogP contribution in [0.3, 0.4) is 0 Å². The highest BCUT2D eigenvalue weighted by Crippen LogP contribution is 2.26. The molecule has 2 N–H and O–H groups in total. The van der Waals surface area contributed by atoms with E-state index < -0.39 is 0 Å². The van der Waals surface area contributed by atoms with E-state index in [0.717, 1.165) is 30.1 Å². The van der Waals surface area contributed by atoms with Crippen LogP contribution in [0.2, 0.25) is 0 Å². The standard InChI is InChI=1S/C18H23N3O2S/c1-13-4-3-9-21(10-13)11-17(22)20-18-19-16(12-24-18)14-5-7-15(23-2)8-6-14/h5-8,12-13H,3-4,9-11H2,1-2H3,(H,19,20,22)/p+1/t13-/m0/s1. The third kappa shape index (κ3) is 4.33. The molecular formula is C18H24N3O2S+. The predicted molar refractivity (Wildman–Crippen MR) is 96.7 cm³/mol. The fourth-order valence-corrected chi connectivity index (χ4v) is 3.91. The number of nitrogens with zero attached hydrogens (tertiary/aromatic N) is 1. The molecule has 1 aromatic carbocycles. The van der Waals surface area contributed by atoms with E-state index in [1.54, 1.807) is 7.11 Å². The molecule has 1 amide bonds. The Morgan fingerprint density at radius 2 is 2.21 bits per heavy atom. The molecule has 1 unspecified atom stereocenters. The number of nitrogens with one attached hydrogen (secondary N) is 2. The van der Waals surface area contributed by atoms with Gasteiger partial charge in [0.05, 0.1) is 25.9 Å². The number of ether oxygens (including phenoxy) is 1. The molecule has 0 aliphatic carbocycles. The Bertz CT molecular complexity index is 684. The summed E-state index contributed by atoms with van der Waals surface area (Å²) in [6.07, 6.45) is 2.49. The molecule has 128 valence electrons. The lowest BCUT2D eigenvalue weighted by Crippen LogP contribution is -3.14. The Hall–Kier alpha value is -1.92.